The first-order valence-corrected chi connectivity index (χ1v) is 10.9. The summed E-state index contributed by atoms with van der Waals surface area (Å²) in [6, 6.07) is 15.6. The molecule has 2 aromatic carbocycles. The van der Waals surface area contributed by atoms with E-state index in [0.717, 1.165) is 22.9 Å². The van der Waals surface area contributed by atoms with Crippen molar-refractivity contribution in [2.45, 2.75) is 44.6 Å². The first-order chi connectivity index (χ1) is 14.1. The summed E-state index contributed by atoms with van der Waals surface area (Å²) in [5, 5.41) is 3.83. The van der Waals surface area contributed by atoms with E-state index in [4.69, 9.17) is 0 Å². The number of rotatable bonds is 7. The van der Waals surface area contributed by atoms with E-state index in [1.54, 1.807) is 6.07 Å². The van der Waals surface area contributed by atoms with Gasteiger partial charge in [-0.1, -0.05) is 46.6 Å². The van der Waals surface area contributed by atoms with Crippen LogP contribution in [0.15, 0.2) is 57.8 Å². The molecule has 1 amide bonds. The van der Waals surface area contributed by atoms with Gasteiger partial charge in [-0.3, -0.25) is 9.59 Å². The number of amides is 1. The molecule has 4 rings (SSSR count). The van der Waals surface area contributed by atoms with E-state index >= 15 is 0 Å². The van der Waals surface area contributed by atoms with Crippen molar-refractivity contribution in [2.75, 3.05) is 0 Å². The number of H-pyrrole nitrogens is 1. The number of fused-ring (bicyclic) bond motifs is 1. The monoisotopic (exact) mass is 453 g/mol. The average Bonchev–Trinajstić information content (AvgIpc) is 2.67. The van der Waals surface area contributed by atoms with Crippen LogP contribution < -0.4 is 10.9 Å². The largest absolute Gasteiger partial charge is 0.349 e. The summed E-state index contributed by atoms with van der Waals surface area (Å²) in [6.07, 6.45) is 5.17. The fourth-order valence-corrected chi connectivity index (χ4v) is 4.10. The van der Waals surface area contributed by atoms with Crippen LogP contribution in [0, 0.1) is 5.92 Å². The number of nitrogens with zero attached hydrogens (tertiary/aromatic N) is 1. The molecule has 0 bridgehead atoms. The molecule has 3 aromatic rings. The van der Waals surface area contributed by atoms with Crippen LogP contribution in [0.3, 0.4) is 0 Å². The number of halogens is 1. The zero-order valence-electron chi connectivity index (χ0n) is 16.2. The van der Waals surface area contributed by atoms with Gasteiger partial charge in [-0.25, -0.2) is 4.98 Å². The highest BCUT2D eigenvalue weighted by Crippen LogP contribution is 2.38. The number of aryl methyl sites for hydroxylation is 1. The molecule has 29 heavy (non-hydrogen) atoms. The lowest BCUT2D eigenvalue weighted by molar-refractivity contribution is -0.122. The molecular weight excluding hydrogens is 430 g/mol. The van der Waals surface area contributed by atoms with Gasteiger partial charge in [0.25, 0.3) is 5.56 Å². The number of aromatic amines is 1. The van der Waals surface area contributed by atoms with Crippen molar-refractivity contribution in [3.63, 3.8) is 0 Å². The van der Waals surface area contributed by atoms with Crippen LogP contribution >= 0.6 is 15.9 Å². The van der Waals surface area contributed by atoms with Crippen molar-refractivity contribution in [1.29, 1.82) is 0 Å². The second-order valence-electron chi connectivity index (χ2n) is 7.67. The highest BCUT2D eigenvalue weighted by Gasteiger charge is 2.29. The van der Waals surface area contributed by atoms with E-state index < -0.39 is 0 Å². The van der Waals surface area contributed by atoms with Crippen LogP contribution in [0.25, 0.3) is 10.9 Å². The van der Waals surface area contributed by atoms with Gasteiger partial charge >= 0.3 is 0 Å². The molecule has 1 atom stereocenters. The van der Waals surface area contributed by atoms with Crippen LogP contribution in [-0.2, 0) is 11.2 Å². The molecule has 2 N–H and O–H groups in total. The molecule has 150 valence electrons. The average molecular weight is 454 g/mol. The van der Waals surface area contributed by atoms with Gasteiger partial charge in [0.2, 0.25) is 5.91 Å². The maximum absolute atomic E-state index is 12.6. The quantitative estimate of drug-likeness (QED) is 0.545. The van der Waals surface area contributed by atoms with Gasteiger partial charge in [-0.15, -0.1) is 0 Å². The van der Waals surface area contributed by atoms with Crippen LogP contribution in [0.5, 0.6) is 0 Å². The summed E-state index contributed by atoms with van der Waals surface area (Å²) in [4.78, 5) is 32.1. The van der Waals surface area contributed by atoms with Crippen molar-refractivity contribution < 1.29 is 4.79 Å². The summed E-state index contributed by atoms with van der Waals surface area (Å²) in [5.74, 6) is 1.19. The molecule has 1 aliphatic carbocycles. The number of para-hydroxylation sites is 1. The van der Waals surface area contributed by atoms with Gasteiger partial charge < -0.3 is 10.3 Å². The first-order valence-electron chi connectivity index (χ1n) is 10.1. The smallest absolute Gasteiger partial charge is 0.258 e. The van der Waals surface area contributed by atoms with E-state index in [-0.39, 0.29) is 17.5 Å². The topological polar surface area (TPSA) is 74.8 Å². The van der Waals surface area contributed by atoms with Crippen molar-refractivity contribution in [1.82, 2.24) is 15.3 Å². The Balaban J connectivity index is 1.36. The third kappa shape index (κ3) is 4.75. The highest BCUT2D eigenvalue weighted by atomic mass is 79.9. The Morgan fingerprint density at radius 1 is 1.17 bits per heavy atom. The van der Waals surface area contributed by atoms with Crippen molar-refractivity contribution in [2.24, 2.45) is 5.92 Å². The molecule has 1 unspecified atom stereocenters. The minimum absolute atomic E-state index is 0.0490. The van der Waals surface area contributed by atoms with Crippen LogP contribution in [0.2, 0.25) is 0 Å². The van der Waals surface area contributed by atoms with E-state index in [1.807, 2.05) is 30.3 Å². The van der Waals surface area contributed by atoms with E-state index in [9.17, 15) is 9.59 Å². The molecule has 5 nitrogen and oxygen atoms in total. The Morgan fingerprint density at radius 3 is 2.66 bits per heavy atom. The maximum atomic E-state index is 12.6. The van der Waals surface area contributed by atoms with Gasteiger partial charge in [0.15, 0.2) is 0 Å². The third-order valence-electron chi connectivity index (χ3n) is 5.65. The molecule has 1 fully saturated rings. The molecule has 0 aliphatic heterocycles. The molecule has 1 heterocycles. The number of hydrogen-bond acceptors (Lipinski definition) is 3. The minimum atomic E-state index is -0.129. The lowest BCUT2D eigenvalue weighted by Crippen LogP contribution is -2.36. The SMILES string of the molecule is O=C(CCCc1nc2ccccc2c(=O)[nH]1)NC(c1ccc(Br)cc1)C1CCC1. The van der Waals surface area contributed by atoms with Crippen molar-refractivity contribution >= 4 is 32.7 Å². The Labute approximate surface area is 178 Å². The summed E-state index contributed by atoms with van der Waals surface area (Å²) in [7, 11) is 0. The number of nitrogens with one attached hydrogen (secondary N) is 2. The number of hydrogen-bond donors (Lipinski definition) is 2. The Bertz CT molecular complexity index is 1060. The predicted molar refractivity (Wildman–Crippen MR) is 118 cm³/mol. The fourth-order valence-electron chi connectivity index (χ4n) is 3.83. The summed E-state index contributed by atoms with van der Waals surface area (Å²) in [6.45, 7) is 0. The molecule has 1 aliphatic rings. The second-order valence-corrected chi connectivity index (χ2v) is 8.59. The van der Waals surface area contributed by atoms with Crippen molar-refractivity contribution in [3.8, 4) is 0 Å². The summed E-state index contributed by atoms with van der Waals surface area (Å²) < 4.78 is 1.04. The number of carbonyl (C=O) groups excluding carboxylic acids is 1. The Hall–Kier alpha value is -2.47. The number of aromatic nitrogens is 2. The van der Waals surface area contributed by atoms with E-state index in [0.29, 0.717) is 41.9 Å². The second kappa shape index (κ2) is 8.91. The van der Waals surface area contributed by atoms with Crippen LogP contribution in [0.4, 0.5) is 0 Å². The Morgan fingerprint density at radius 2 is 1.93 bits per heavy atom. The van der Waals surface area contributed by atoms with Gasteiger partial charge in [-0.2, -0.15) is 0 Å². The Kier molecular flexibility index (Phi) is 6.09. The van der Waals surface area contributed by atoms with Gasteiger partial charge in [0, 0.05) is 17.3 Å². The van der Waals surface area contributed by atoms with E-state index in [2.05, 4.69) is 43.3 Å². The van der Waals surface area contributed by atoms with Gasteiger partial charge in [-0.05, 0) is 55.0 Å². The van der Waals surface area contributed by atoms with E-state index in [1.165, 1.54) is 6.42 Å². The van der Waals surface area contributed by atoms with Crippen molar-refractivity contribution in [3.05, 3.63) is 74.7 Å². The molecule has 0 spiro atoms. The van der Waals surface area contributed by atoms with Crippen LogP contribution in [-0.4, -0.2) is 15.9 Å². The fraction of sp³-hybridized carbons (Fsp3) is 0.348. The lowest BCUT2D eigenvalue weighted by atomic mass is 9.77. The standard InChI is InChI=1S/C23H24BrN3O2/c24-17-13-11-16(12-14-17)22(15-5-3-6-15)27-21(28)10-4-9-20-25-19-8-2-1-7-18(19)23(29)26-20/h1-2,7-8,11-15,22H,3-6,9-10H2,(H,27,28)(H,25,26,29). The summed E-state index contributed by atoms with van der Waals surface area (Å²) in [5.41, 5.74) is 1.72. The predicted octanol–water partition coefficient (Wildman–Crippen LogP) is 4.67. The molecule has 1 aromatic heterocycles. The lowest BCUT2D eigenvalue weighted by Gasteiger charge is -2.34. The van der Waals surface area contributed by atoms with Gasteiger partial charge in [0.05, 0.1) is 16.9 Å². The molecule has 6 heteroatoms. The molecule has 0 radical (unpaired) electrons. The van der Waals surface area contributed by atoms with Gasteiger partial charge in [0.1, 0.15) is 5.82 Å². The number of carbonyl (C=O) groups is 1. The highest BCUT2D eigenvalue weighted by molar-refractivity contribution is 9.10. The maximum Gasteiger partial charge on any atom is 0.258 e. The molecule has 0 saturated heterocycles. The minimum Gasteiger partial charge on any atom is -0.349 e. The molecule has 1 saturated carbocycles. The summed E-state index contributed by atoms with van der Waals surface area (Å²) >= 11 is 3.47. The molecular formula is C23H24BrN3O2. The van der Waals surface area contributed by atoms with Crippen LogP contribution in [0.1, 0.15) is 49.5 Å². The third-order valence-corrected chi connectivity index (χ3v) is 6.17. The zero-order valence-corrected chi connectivity index (χ0v) is 17.7. The normalized spacial score (nSPS) is 15.1. The first kappa shape index (κ1) is 19.8. The zero-order chi connectivity index (χ0) is 20.2. The number of benzene rings is 2.